The molecule has 6 rings (SSSR count). The van der Waals surface area contributed by atoms with Crippen molar-refractivity contribution in [2.45, 2.75) is 104 Å². The molecule has 4 aliphatic rings. The van der Waals surface area contributed by atoms with E-state index in [4.69, 9.17) is 19.0 Å². The fourth-order valence-electron chi connectivity index (χ4n) is 9.86. The maximum Gasteiger partial charge on any atom is 0.327 e. The molecule has 0 radical (unpaired) electrons. The van der Waals surface area contributed by atoms with Crippen molar-refractivity contribution in [3.63, 3.8) is 0 Å². The number of unbranched alkanes of at least 4 members (excludes halogenated alkanes) is 2. The quantitative estimate of drug-likeness (QED) is 0.0364. The van der Waals surface area contributed by atoms with E-state index in [1.165, 1.54) is 18.4 Å². The van der Waals surface area contributed by atoms with Crippen LogP contribution in [0.1, 0.15) is 103 Å². The van der Waals surface area contributed by atoms with Crippen LogP contribution in [0, 0.1) is 10.8 Å². The first-order valence-electron chi connectivity index (χ1n) is 23.2. The molecule has 15 heteroatoms. The number of allylic oxidation sites excluding steroid dienone is 1. The van der Waals surface area contributed by atoms with E-state index in [0.29, 0.717) is 31.0 Å². The number of pyridine rings is 1. The number of aliphatic hydroxyl groups excluding tert-OH is 1. The van der Waals surface area contributed by atoms with Crippen molar-refractivity contribution in [1.82, 2.24) is 25.6 Å². The van der Waals surface area contributed by atoms with Gasteiger partial charge in [0.25, 0.3) is 0 Å². The van der Waals surface area contributed by atoms with Gasteiger partial charge in [0, 0.05) is 113 Å². The van der Waals surface area contributed by atoms with Crippen molar-refractivity contribution in [3.8, 4) is 0 Å². The van der Waals surface area contributed by atoms with E-state index in [2.05, 4.69) is 100 Å². The van der Waals surface area contributed by atoms with E-state index >= 15 is 0 Å². The number of anilines is 3. The van der Waals surface area contributed by atoms with E-state index in [-0.39, 0.29) is 26.8 Å². The number of rotatable bonds is 28. The van der Waals surface area contributed by atoms with Crippen LogP contribution in [0.25, 0.3) is 5.70 Å². The second-order valence-corrected chi connectivity index (χ2v) is 19.3. The second kappa shape index (κ2) is 23.1. The number of methoxy groups -OCH3 is 1. The number of benzene rings is 1. The summed E-state index contributed by atoms with van der Waals surface area (Å²) in [7, 11) is 1.44. The molecule has 4 heterocycles. The molecule has 3 N–H and O–H groups in total. The standard InChI is InChI=1S/C47H75N8O6P/c1-7-55(41-16-14-39(15-17-41)51(25-26-56)20-18-38(11-9-8-10-19-49-50-35-57)54-30-47(31-54)33-60-34-47)45(36(2)28-46(4,5)32-61-62-58)43-27-42(29-48-44(43)37(3)59-6)53-23-21-52(22-24-53)40-12-13-40/h14-17,27,29,35,37-38,40,49,56H,7-13,18-26,28,30-34H2,1-6H3,(H,50,57)/b45-36+. The van der Waals surface area contributed by atoms with Gasteiger partial charge >= 0.3 is 8.69 Å². The van der Waals surface area contributed by atoms with Crippen LogP contribution in [0.4, 0.5) is 17.1 Å². The first-order chi connectivity index (χ1) is 30.0. The predicted octanol–water partition coefficient (Wildman–Crippen LogP) is 6.67. The van der Waals surface area contributed by atoms with Crippen molar-refractivity contribution < 1.29 is 28.5 Å². The Hall–Kier alpha value is -3.20. The van der Waals surface area contributed by atoms with Gasteiger partial charge in [-0.1, -0.05) is 26.7 Å². The van der Waals surface area contributed by atoms with Crippen LogP contribution >= 0.6 is 8.69 Å². The summed E-state index contributed by atoms with van der Waals surface area (Å²) in [4.78, 5) is 28.2. The van der Waals surface area contributed by atoms with Crippen molar-refractivity contribution in [3.05, 3.63) is 53.4 Å². The maximum absolute atomic E-state index is 11.4. The minimum Gasteiger partial charge on any atom is -0.395 e. The van der Waals surface area contributed by atoms with E-state index in [0.717, 1.165) is 151 Å². The number of hydrazine groups is 1. The number of carbonyl (C=O) groups excluding carboxylic acids is 1. The molecule has 1 aromatic heterocycles. The van der Waals surface area contributed by atoms with Gasteiger partial charge in [0.1, 0.15) is 0 Å². The Balaban J connectivity index is 1.25. The highest BCUT2D eigenvalue weighted by molar-refractivity contribution is 7.17. The molecule has 4 fully saturated rings. The fourth-order valence-corrected chi connectivity index (χ4v) is 10.3. The van der Waals surface area contributed by atoms with Crippen LogP contribution in [0.15, 0.2) is 42.1 Å². The third-order valence-electron chi connectivity index (χ3n) is 13.4. The minimum absolute atomic E-state index is 0.0797. The van der Waals surface area contributed by atoms with Crippen molar-refractivity contribution in [2.24, 2.45) is 10.8 Å². The average molecular weight is 879 g/mol. The van der Waals surface area contributed by atoms with Crippen LogP contribution in [-0.2, 0) is 23.4 Å². The van der Waals surface area contributed by atoms with Gasteiger partial charge in [0.05, 0.1) is 50.1 Å². The van der Waals surface area contributed by atoms with Gasteiger partial charge in [-0.3, -0.25) is 29.5 Å². The normalized spacial score (nSPS) is 19.4. The molecule has 1 aromatic carbocycles. The molecule has 2 aromatic rings. The third-order valence-corrected chi connectivity index (χ3v) is 13.7. The summed E-state index contributed by atoms with van der Waals surface area (Å²) >= 11 is 0. The molecule has 1 aliphatic carbocycles. The number of hydrogen-bond acceptors (Lipinski definition) is 13. The van der Waals surface area contributed by atoms with Crippen molar-refractivity contribution in [1.29, 1.82) is 0 Å². The molecule has 62 heavy (non-hydrogen) atoms. The summed E-state index contributed by atoms with van der Waals surface area (Å²) < 4.78 is 28.4. The molecule has 344 valence electrons. The molecular weight excluding hydrogens is 804 g/mol. The SMILES string of the molecule is CCN(/C(=C(\C)CC(C)(C)COP=O)c1cc(N2CCN(C3CC3)CC2)cnc1C(C)OC)c1ccc(N(CCO)CCC(CCCCCNNC=O)N2CC3(COC3)C2)cc1. The molecule has 1 saturated carbocycles. The number of aliphatic hydroxyl groups is 1. The minimum atomic E-state index is -0.308. The van der Waals surface area contributed by atoms with E-state index in [1.807, 2.05) is 6.20 Å². The van der Waals surface area contributed by atoms with Gasteiger partial charge in [-0.15, -0.1) is 0 Å². The van der Waals surface area contributed by atoms with Gasteiger partial charge in [-0.25, -0.2) is 9.99 Å². The molecule has 1 amide bonds. The van der Waals surface area contributed by atoms with Crippen molar-refractivity contribution in [2.75, 3.05) is 114 Å². The lowest BCUT2D eigenvalue weighted by Crippen LogP contribution is -2.68. The number of amides is 1. The van der Waals surface area contributed by atoms with Gasteiger partial charge < -0.3 is 29.3 Å². The van der Waals surface area contributed by atoms with Gasteiger partial charge in [-0.2, -0.15) is 0 Å². The van der Waals surface area contributed by atoms with Gasteiger partial charge in [0.2, 0.25) is 6.41 Å². The summed E-state index contributed by atoms with van der Waals surface area (Å²) in [5.74, 6) is 0. The zero-order chi connectivity index (χ0) is 44.1. The van der Waals surface area contributed by atoms with Crippen LogP contribution < -0.4 is 25.6 Å². The smallest absolute Gasteiger partial charge is 0.327 e. The zero-order valence-electron chi connectivity index (χ0n) is 38.4. The molecular formula is C47H75N8O6P. The van der Waals surface area contributed by atoms with E-state index in [1.54, 1.807) is 7.11 Å². The van der Waals surface area contributed by atoms with E-state index in [9.17, 15) is 14.5 Å². The number of aromatic nitrogens is 1. The molecule has 3 saturated heterocycles. The molecule has 2 atom stereocenters. The lowest BCUT2D eigenvalue weighted by Gasteiger charge is -2.57. The van der Waals surface area contributed by atoms with Crippen LogP contribution in [0.5, 0.6) is 0 Å². The Bertz CT molecular complexity index is 1740. The summed E-state index contributed by atoms with van der Waals surface area (Å²) in [5, 5.41) is 10.3. The van der Waals surface area contributed by atoms with E-state index < -0.39 is 0 Å². The number of carbonyl (C=O) groups is 1. The number of likely N-dealkylation sites (tertiary alicyclic amines) is 1. The molecule has 2 unspecified atom stereocenters. The van der Waals surface area contributed by atoms with Gasteiger partial charge in [0.15, 0.2) is 0 Å². The number of ether oxygens (including phenoxy) is 2. The predicted molar refractivity (Wildman–Crippen MR) is 249 cm³/mol. The Morgan fingerprint density at radius 2 is 1.81 bits per heavy atom. The lowest BCUT2D eigenvalue weighted by molar-refractivity contribution is -0.199. The Morgan fingerprint density at radius 1 is 1.08 bits per heavy atom. The van der Waals surface area contributed by atoms with Gasteiger partial charge in [-0.05, 0) is 101 Å². The Morgan fingerprint density at radius 3 is 2.42 bits per heavy atom. The van der Waals surface area contributed by atoms with Crippen LogP contribution in [0.2, 0.25) is 0 Å². The molecule has 3 aliphatic heterocycles. The highest BCUT2D eigenvalue weighted by Crippen LogP contribution is 2.41. The highest BCUT2D eigenvalue weighted by atomic mass is 31.1. The Labute approximate surface area is 373 Å². The lowest BCUT2D eigenvalue weighted by atomic mass is 9.76. The fraction of sp³-hybridized carbons (Fsp3) is 0.702. The first-order valence-corrected chi connectivity index (χ1v) is 23.9. The number of piperazine rings is 1. The largest absolute Gasteiger partial charge is 0.395 e. The van der Waals surface area contributed by atoms with Crippen molar-refractivity contribution >= 4 is 37.9 Å². The third kappa shape index (κ3) is 12.7. The second-order valence-electron chi connectivity index (χ2n) is 18.9. The van der Waals surface area contributed by atoms with Crippen LogP contribution in [0.3, 0.4) is 0 Å². The average Bonchev–Trinajstić information content (AvgIpc) is 4.10. The summed E-state index contributed by atoms with van der Waals surface area (Å²) in [6.07, 6.45) is 11.2. The molecule has 0 bridgehead atoms. The monoisotopic (exact) mass is 879 g/mol. The topological polar surface area (TPSA) is 135 Å². The summed E-state index contributed by atoms with van der Waals surface area (Å²) in [6.45, 7) is 22.2. The number of nitrogens with one attached hydrogen (secondary N) is 2. The summed E-state index contributed by atoms with van der Waals surface area (Å²) in [5.41, 5.74) is 13.1. The highest BCUT2D eigenvalue weighted by Gasteiger charge is 2.50. The first kappa shape index (κ1) is 48.3. The zero-order valence-corrected chi connectivity index (χ0v) is 39.3. The molecule has 1 spiro atoms. The number of hydrogen-bond donors (Lipinski definition) is 3. The van der Waals surface area contributed by atoms with Crippen LogP contribution in [-0.4, -0.2) is 137 Å². The number of nitrogens with zero attached hydrogens (tertiary/aromatic N) is 6. The summed E-state index contributed by atoms with van der Waals surface area (Å²) in [6, 6.07) is 12.4. The molecule has 14 nitrogen and oxygen atoms in total. The Kier molecular flexibility index (Phi) is 18.0. The maximum atomic E-state index is 11.4.